The Morgan fingerprint density at radius 3 is 2.03 bits per heavy atom. The number of benzene rings is 1. The predicted octanol–water partition coefficient (Wildman–Crippen LogP) is 1.73. The molecule has 0 saturated carbocycles. The van der Waals surface area contributed by atoms with Gasteiger partial charge in [0.25, 0.3) is 0 Å². The molecule has 1 aromatic heterocycles. The minimum absolute atomic E-state index is 0.299. The summed E-state index contributed by atoms with van der Waals surface area (Å²) in [4.78, 5) is 47.2. The quantitative estimate of drug-likeness (QED) is 0.400. The van der Waals surface area contributed by atoms with Gasteiger partial charge in [-0.15, -0.1) is 0 Å². The maximum Gasteiger partial charge on any atom is 0.303 e. The van der Waals surface area contributed by atoms with Gasteiger partial charge < -0.3 is 23.7 Å². The van der Waals surface area contributed by atoms with Crippen molar-refractivity contribution in [3.05, 3.63) is 53.9 Å². The van der Waals surface area contributed by atoms with E-state index >= 15 is 0 Å². The number of aromatic nitrogens is 2. The van der Waals surface area contributed by atoms with Crippen molar-refractivity contribution in [1.82, 2.24) is 9.78 Å². The molecule has 1 aliphatic heterocycles. The minimum Gasteiger partial charge on any atom is -0.463 e. The van der Waals surface area contributed by atoms with E-state index in [2.05, 4.69) is 5.10 Å². The van der Waals surface area contributed by atoms with Gasteiger partial charge in [0.05, 0.1) is 5.69 Å². The molecule has 0 aliphatic carbocycles. The molecular formula is C24H28N2O9. The molecule has 0 radical (unpaired) electrons. The molecule has 0 amide bonds. The fraction of sp³-hybridized carbons (Fsp3) is 0.458. The Hall–Kier alpha value is -3.73. The Morgan fingerprint density at radius 2 is 1.43 bits per heavy atom. The zero-order valence-corrected chi connectivity index (χ0v) is 19.9. The highest BCUT2D eigenvalue weighted by Gasteiger charge is 2.53. The molecule has 1 aliphatic rings. The first-order valence-electron chi connectivity index (χ1n) is 11.0. The van der Waals surface area contributed by atoms with E-state index < -0.39 is 54.5 Å². The van der Waals surface area contributed by atoms with Crippen LogP contribution in [-0.2, 0) is 49.3 Å². The fourth-order valence-electron chi connectivity index (χ4n) is 3.84. The monoisotopic (exact) mass is 488 g/mol. The summed E-state index contributed by atoms with van der Waals surface area (Å²) in [5.74, 6) is -2.63. The average molecular weight is 488 g/mol. The lowest BCUT2D eigenvalue weighted by Gasteiger charge is -2.44. The lowest BCUT2D eigenvalue weighted by Crippen LogP contribution is -2.60. The third-order valence-corrected chi connectivity index (χ3v) is 5.12. The summed E-state index contributed by atoms with van der Waals surface area (Å²) in [5.41, 5.74) is 1.75. The molecule has 2 aromatic rings. The molecule has 0 unspecified atom stereocenters. The molecule has 188 valence electrons. The number of ether oxygens (including phenoxy) is 5. The third-order valence-electron chi connectivity index (χ3n) is 5.12. The van der Waals surface area contributed by atoms with Crippen molar-refractivity contribution in [3.8, 4) is 0 Å². The SMILES string of the molecule is CC(=O)OC[C@H]1O[C@@H](n2ccc(Cc3ccccc3)n2)[C@H](OC(C)=O)[C@@H](OC(C)=O)[C@@H]1OC(C)=O. The molecule has 5 atom stereocenters. The van der Waals surface area contributed by atoms with E-state index in [1.807, 2.05) is 30.3 Å². The lowest BCUT2D eigenvalue weighted by atomic mass is 9.97. The van der Waals surface area contributed by atoms with Gasteiger partial charge in [0.15, 0.2) is 24.5 Å². The van der Waals surface area contributed by atoms with E-state index in [1.165, 1.54) is 32.4 Å². The van der Waals surface area contributed by atoms with E-state index in [4.69, 9.17) is 23.7 Å². The number of rotatable bonds is 8. The molecule has 11 heteroatoms. The van der Waals surface area contributed by atoms with Crippen LogP contribution >= 0.6 is 0 Å². The molecule has 0 N–H and O–H groups in total. The lowest BCUT2D eigenvalue weighted by molar-refractivity contribution is -0.270. The Balaban J connectivity index is 1.98. The Kier molecular flexibility index (Phi) is 8.58. The van der Waals surface area contributed by atoms with E-state index in [9.17, 15) is 19.2 Å². The third kappa shape index (κ3) is 7.12. The first-order valence-corrected chi connectivity index (χ1v) is 11.0. The summed E-state index contributed by atoms with van der Waals surface area (Å²) in [5, 5.41) is 4.56. The van der Waals surface area contributed by atoms with Crippen LogP contribution < -0.4 is 0 Å². The number of carbonyl (C=O) groups is 4. The fourth-order valence-corrected chi connectivity index (χ4v) is 3.84. The predicted molar refractivity (Wildman–Crippen MR) is 119 cm³/mol. The second-order valence-corrected chi connectivity index (χ2v) is 8.04. The van der Waals surface area contributed by atoms with Gasteiger partial charge in [0.2, 0.25) is 0 Å². The standard InChI is InChI=1S/C24H28N2O9/c1-14(27)31-13-20-21(32-15(2)28)22(33-16(3)29)23(34-17(4)30)24(35-20)26-11-10-19(25-26)12-18-8-6-5-7-9-18/h5-11,20-24H,12-13H2,1-4H3/t20-,21-,22+,23-,24-/m1/s1. The van der Waals surface area contributed by atoms with Gasteiger partial charge in [-0.2, -0.15) is 5.10 Å². The second kappa shape index (κ2) is 11.6. The van der Waals surface area contributed by atoms with Crippen LogP contribution in [0, 0.1) is 0 Å². The zero-order chi connectivity index (χ0) is 25.5. The van der Waals surface area contributed by atoms with Crippen molar-refractivity contribution in [3.63, 3.8) is 0 Å². The van der Waals surface area contributed by atoms with Crippen molar-refractivity contribution in [2.24, 2.45) is 0 Å². The summed E-state index contributed by atoms with van der Waals surface area (Å²) in [6.07, 6.45) is -3.60. The molecular weight excluding hydrogens is 460 g/mol. The summed E-state index contributed by atoms with van der Waals surface area (Å²) in [6.45, 7) is 4.46. The smallest absolute Gasteiger partial charge is 0.303 e. The zero-order valence-electron chi connectivity index (χ0n) is 19.9. The number of hydrogen-bond acceptors (Lipinski definition) is 10. The van der Waals surface area contributed by atoms with Crippen LogP contribution in [0.15, 0.2) is 42.6 Å². The van der Waals surface area contributed by atoms with Crippen LogP contribution in [0.3, 0.4) is 0 Å². The van der Waals surface area contributed by atoms with Gasteiger partial charge in [-0.25, -0.2) is 4.68 Å². The van der Waals surface area contributed by atoms with Gasteiger partial charge in [0.1, 0.15) is 12.7 Å². The normalized spacial score (nSPS) is 23.7. The Labute approximate surface area is 202 Å². The molecule has 11 nitrogen and oxygen atoms in total. The van der Waals surface area contributed by atoms with Crippen LogP contribution in [0.2, 0.25) is 0 Å². The van der Waals surface area contributed by atoms with Crippen molar-refractivity contribution >= 4 is 23.9 Å². The minimum atomic E-state index is -1.25. The van der Waals surface area contributed by atoms with Crippen molar-refractivity contribution in [1.29, 1.82) is 0 Å². The maximum absolute atomic E-state index is 12.0. The van der Waals surface area contributed by atoms with Gasteiger partial charge in [0, 0.05) is 40.3 Å². The highest BCUT2D eigenvalue weighted by atomic mass is 16.7. The first kappa shape index (κ1) is 25.9. The van der Waals surface area contributed by atoms with E-state index in [0.717, 1.165) is 5.56 Å². The first-order chi connectivity index (χ1) is 16.6. The molecule has 35 heavy (non-hydrogen) atoms. The van der Waals surface area contributed by atoms with Crippen molar-refractivity contribution in [2.45, 2.75) is 64.8 Å². The van der Waals surface area contributed by atoms with Gasteiger partial charge in [-0.3, -0.25) is 19.2 Å². The Morgan fingerprint density at radius 1 is 0.829 bits per heavy atom. The topological polar surface area (TPSA) is 132 Å². The van der Waals surface area contributed by atoms with Gasteiger partial charge in [-0.1, -0.05) is 30.3 Å². The average Bonchev–Trinajstić information content (AvgIpc) is 3.23. The van der Waals surface area contributed by atoms with Crippen LogP contribution in [0.25, 0.3) is 0 Å². The van der Waals surface area contributed by atoms with Crippen LogP contribution in [0.4, 0.5) is 0 Å². The van der Waals surface area contributed by atoms with E-state index in [1.54, 1.807) is 12.3 Å². The van der Waals surface area contributed by atoms with Gasteiger partial charge in [-0.05, 0) is 11.6 Å². The summed E-state index contributed by atoms with van der Waals surface area (Å²) in [7, 11) is 0. The number of esters is 4. The highest BCUT2D eigenvalue weighted by Crippen LogP contribution is 2.34. The second-order valence-electron chi connectivity index (χ2n) is 8.04. The molecule has 1 aromatic carbocycles. The van der Waals surface area contributed by atoms with E-state index in [0.29, 0.717) is 12.1 Å². The molecule has 1 saturated heterocycles. The number of carbonyl (C=O) groups excluding carboxylic acids is 4. The largest absolute Gasteiger partial charge is 0.463 e. The Bertz CT molecular complexity index is 1050. The summed E-state index contributed by atoms with van der Waals surface area (Å²) >= 11 is 0. The maximum atomic E-state index is 12.0. The van der Waals surface area contributed by atoms with E-state index in [-0.39, 0.29) is 6.61 Å². The molecule has 0 bridgehead atoms. The van der Waals surface area contributed by atoms with Gasteiger partial charge >= 0.3 is 23.9 Å². The molecule has 2 heterocycles. The van der Waals surface area contributed by atoms with Crippen LogP contribution in [0.5, 0.6) is 0 Å². The summed E-state index contributed by atoms with van der Waals surface area (Å²) < 4.78 is 29.0. The molecule has 0 spiro atoms. The number of nitrogens with zero attached hydrogens (tertiary/aromatic N) is 2. The van der Waals surface area contributed by atoms with Crippen molar-refractivity contribution in [2.75, 3.05) is 6.61 Å². The number of hydrogen-bond donors (Lipinski definition) is 0. The van der Waals surface area contributed by atoms with Crippen LogP contribution in [0.1, 0.15) is 45.2 Å². The molecule has 1 fully saturated rings. The van der Waals surface area contributed by atoms with Crippen molar-refractivity contribution < 1.29 is 42.9 Å². The van der Waals surface area contributed by atoms with Crippen LogP contribution in [-0.4, -0.2) is 64.7 Å². The molecule has 3 rings (SSSR count). The highest BCUT2D eigenvalue weighted by molar-refractivity contribution is 5.68. The summed E-state index contributed by atoms with van der Waals surface area (Å²) in [6, 6.07) is 11.5.